The number of ether oxygens (including phenoxy) is 11. The van der Waals surface area contributed by atoms with Gasteiger partial charge in [-0.25, -0.2) is 0 Å². The molecule has 0 aromatic carbocycles. The maximum Gasteiger partial charge on any atom is 0.308 e. The Bertz CT molecular complexity index is 1740. The van der Waals surface area contributed by atoms with Gasteiger partial charge in [0.2, 0.25) is 12.4 Å². The van der Waals surface area contributed by atoms with Gasteiger partial charge in [0, 0.05) is 51.4 Å². The minimum atomic E-state index is -1.84. The molecule has 0 saturated carbocycles. The second kappa shape index (κ2) is 43.4. The number of carbonyl (C=O) groups excluding carboxylic acids is 8. The molecule has 2 aliphatic rings. The first-order valence-corrected chi connectivity index (χ1v) is 30.6. The molecule has 10 atom stereocenters. The molecule has 2 fully saturated rings. The Hall–Kier alpha value is -4.36. The second-order valence-corrected chi connectivity index (χ2v) is 21.0. The topological polar surface area (TPSA) is 238 Å². The number of rotatable bonds is 44. The van der Waals surface area contributed by atoms with Crippen LogP contribution < -0.4 is 0 Å². The highest BCUT2D eigenvalue weighted by atomic mass is 16.8. The molecular weight excluding hydrogens is 1020 g/mol. The molecule has 456 valence electrons. The van der Waals surface area contributed by atoms with Gasteiger partial charge in [-0.3, -0.25) is 38.4 Å². The first-order valence-electron chi connectivity index (χ1n) is 30.6. The van der Waals surface area contributed by atoms with E-state index in [1.54, 1.807) is 0 Å². The summed E-state index contributed by atoms with van der Waals surface area (Å²) in [5.74, 6) is -5.41. The van der Waals surface area contributed by atoms with Crippen molar-refractivity contribution in [2.24, 2.45) is 0 Å². The highest BCUT2D eigenvalue weighted by Crippen LogP contribution is 2.37. The molecule has 0 aromatic rings. The summed E-state index contributed by atoms with van der Waals surface area (Å²) in [5.41, 5.74) is 0. The molecule has 0 aromatic heterocycles. The van der Waals surface area contributed by atoms with E-state index >= 15 is 0 Å². The van der Waals surface area contributed by atoms with E-state index < -0.39 is 122 Å². The Balaban J connectivity index is 3.07. The molecule has 2 heterocycles. The molecule has 0 spiro atoms. The molecule has 0 amide bonds. The highest BCUT2D eigenvalue weighted by Gasteiger charge is 2.58. The lowest BCUT2D eigenvalue weighted by atomic mass is 9.95. The number of carbonyl (C=O) groups is 8. The summed E-state index contributed by atoms with van der Waals surface area (Å²) in [7, 11) is 0. The molecule has 2 saturated heterocycles. The van der Waals surface area contributed by atoms with E-state index in [1.807, 2.05) is 55.4 Å². The first-order chi connectivity index (χ1) is 38.2. The lowest BCUT2D eigenvalue weighted by molar-refractivity contribution is -0.358. The third-order valence-electron chi connectivity index (χ3n) is 13.8. The van der Waals surface area contributed by atoms with Crippen molar-refractivity contribution >= 4 is 47.8 Å². The average Bonchev–Trinajstić information content (AvgIpc) is 3.43. The smallest absolute Gasteiger partial charge is 0.308 e. The third kappa shape index (κ3) is 29.3. The highest BCUT2D eigenvalue weighted by molar-refractivity contribution is 5.73. The van der Waals surface area contributed by atoms with Crippen molar-refractivity contribution in [1.82, 2.24) is 0 Å². The lowest BCUT2D eigenvalue weighted by Crippen LogP contribution is -2.67. The molecule has 2 rings (SSSR count). The Morgan fingerprint density at radius 2 is 0.506 bits per heavy atom. The summed E-state index contributed by atoms with van der Waals surface area (Å²) >= 11 is 0. The molecular formula is C60H102O19. The van der Waals surface area contributed by atoms with Crippen LogP contribution in [0, 0.1) is 0 Å². The van der Waals surface area contributed by atoms with Crippen molar-refractivity contribution in [2.75, 3.05) is 13.2 Å². The predicted molar refractivity (Wildman–Crippen MR) is 293 cm³/mol. The summed E-state index contributed by atoms with van der Waals surface area (Å²) in [5, 5.41) is 0. The van der Waals surface area contributed by atoms with Crippen molar-refractivity contribution in [3.63, 3.8) is 0 Å². The van der Waals surface area contributed by atoms with Crippen molar-refractivity contribution in [1.29, 1.82) is 0 Å². The Labute approximate surface area is 472 Å². The van der Waals surface area contributed by atoms with Gasteiger partial charge in [0.1, 0.15) is 31.5 Å². The van der Waals surface area contributed by atoms with Gasteiger partial charge in [0.15, 0.2) is 30.7 Å². The predicted octanol–water partition coefficient (Wildman–Crippen LogP) is 11.7. The quantitative estimate of drug-likeness (QED) is 0.0313. The zero-order valence-electron chi connectivity index (χ0n) is 49.6. The van der Waals surface area contributed by atoms with Crippen LogP contribution in [0.1, 0.15) is 261 Å². The Morgan fingerprint density at radius 1 is 0.266 bits per heavy atom. The number of hydrogen-bond acceptors (Lipinski definition) is 19. The minimum absolute atomic E-state index is 0.0150. The van der Waals surface area contributed by atoms with Crippen molar-refractivity contribution in [3.05, 3.63) is 0 Å². The van der Waals surface area contributed by atoms with Gasteiger partial charge < -0.3 is 52.1 Å². The lowest BCUT2D eigenvalue weighted by Gasteiger charge is -2.48. The zero-order valence-corrected chi connectivity index (χ0v) is 49.6. The Kier molecular flexibility index (Phi) is 38.8. The first kappa shape index (κ1) is 70.7. The molecule has 79 heavy (non-hydrogen) atoms. The molecule has 0 aliphatic carbocycles. The van der Waals surface area contributed by atoms with Crippen molar-refractivity contribution in [3.8, 4) is 0 Å². The van der Waals surface area contributed by atoms with Crippen LogP contribution in [0.15, 0.2) is 0 Å². The molecule has 0 radical (unpaired) electrons. The van der Waals surface area contributed by atoms with Gasteiger partial charge in [-0.05, 0) is 51.4 Å². The summed E-state index contributed by atoms with van der Waals surface area (Å²) < 4.78 is 69.0. The fraction of sp³-hybridized carbons (Fsp3) is 0.867. The van der Waals surface area contributed by atoms with E-state index in [-0.39, 0.29) is 51.4 Å². The van der Waals surface area contributed by atoms with Crippen LogP contribution in [-0.2, 0) is 90.5 Å². The Morgan fingerprint density at radius 3 is 0.835 bits per heavy atom. The van der Waals surface area contributed by atoms with E-state index in [0.717, 1.165) is 77.0 Å². The van der Waals surface area contributed by atoms with Crippen LogP contribution in [0.5, 0.6) is 0 Å². The number of hydrogen-bond donors (Lipinski definition) is 0. The molecule has 0 N–H and O–H groups in total. The SMILES string of the molecule is CCCCCC(=O)OC[C@H]1O[C@@H](O[C@H]2[C@H](OC(=O)CCCCC)[C@@H](OC(=O)CCCCC)[C@H](OC(=O)CCCCC)O[C@@H]2COC(=O)CCCCC)[C@H](OC(=O)CCCCC)[C@@H](OC(=O)CCCCC)[C@@H]1OC(=O)CCCCC. The molecule has 19 nitrogen and oxygen atoms in total. The van der Waals surface area contributed by atoms with Crippen LogP contribution >= 0.6 is 0 Å². The van der Waals surface area contributed by atoms with E-state index in [0.29, 0.717) is 77.0 Å². The summed E-state index contributed by atoms with van der Waals surface area (Å²) in [6.45, 7) is 14.7. The third-order valence-corrected chi connectivity index (χ3v) is 13.8. The normalized spacial score (nSPS) is 22.7. The maximum absolute atomic E-state index is 14.1. The average molecular weight is 1130 g/mol. The van der Waals surface area contributed by atoms with Gasteiger partial charge in [-0.15, -0.1) is 0 Å². The van der Waals surface area contributed by atoms with E-state index in [1.165, 1.54) is 0 Å². The molecule has 0 bridgehead atoms. The standard InChI is InChI=1S/C60H102O19/c1-9-17-25-33-45(61)69-41-43-53(73-47(63)35-27-19-11-3)55(74-48(64)36-28-20-12-4)58(77-51(67)39-31-23-15-7)60(72-43)79-54-44(42-70-46(62)34-26-18-10-2)71-59(78-52(68)40-32-24-16-8)57(76-50(66)38-30-22-14-6)56(54)75-49(65)37-29-21-13-5/h43-44,53-60H,9-42H2,1-8H3/t43-,44-,53-,54-,55+,56+,57-,58-,59+,60+/m1/s1. The largest absolute Gasteiger partial charge is 0.463 e. The minimum Gasteiger partial charge on any atom is -0.463 e. The monoisotopic (exact) mass is 1130 g/mol. The number of esters is 8. The van der Waals surface area contributed by atoms with Crippen LogP contribution in [0.4, 0.5) is 0 Å². The zero-order chi connectivity index (χ0) is 58.2. The van der Waals surface area contributed by atoms with Crippen LogP contribution in [0.3, 0.4) is 0 Å². The van der Waals surface area contributed by atoms with E-state index in [9.17, 15) is 38.4 Å². The van der Waals surface area contributed by atoms with Gasteiger partial charge in [0.25, 0.3) is 0 Å². The molecule has 19 heteroatoms. The van der Waals surface area contributed by atoms with Crippen LogP contribution in [0.25, 0.3) is 0 Å². The van der Waals surface area contributed by atoms with Gasteiger partial charge in [-0.2, -0.15) is 0 Å². The van der Waals surface area contributed by atoms with Crippen LogP contribution in [-0.4, -0.2) is 122 Å². The summed E-state index contributed by atoms with van der Waals surface area (Å²) in [6, 6.07) is 0. The fourth-order valence-electron chi connectivity index (χ4n) is 9.10. The summed E-state index contributed by atoms with van der Waals surface area (Å²) in [6.07, 6.45) is -0.529. The van der Waals surface area contributed by atoms with Crippen molar-refractivity contribution < 1.29 is 90.5 Å². The second-order valence-electron chi connectivity index (χ2n) is 21.0. The fourth-order valence-corrected chi connectivity index (χ4v) is 9.10. The molecule has 2 aliphatic heterocycles. The van der Waals surface area contributed by atoms with Gasteiger partial charge in [-0.1, -0.05) is 158 Å². The van der Waals surface area contributed by atoms with Crippen LogP contribution in [0.2, 0.25) is 0 Å². The van der Waals surface area contributed by atoms with E-state index in [4.69, 9.17) is 52.1 Å². The van der Waals surface area contributed by atoms with Gasteiger partial charge >= 0.3 is 47.8 Å². The maximum atomic E-state index is 14.1. The number of unbranched alkanes of at least 4 members (excludes halogenated alkanes) is 16. The van der Waals surface area contributed by atoms with Gasteiger partial charge in [0.05, 0.1) is 0 Å². The summed E-state index contributed by atoms with van der Waals surface area (Å²) in [4.78, 5) is 110. The molecule has 0 unspecified atom stereocenters. The van der Waals surface area contributed by atoms with Crippen molar-refractivity contribution in [2.45, 2.75) is 322 Å². The van der Waals surface area contributed by atoms with E-state index in [2.05, 4.69) is 0 Å².